The summed E-state index contributed by atoms with van der Waals surface area (Å²) in [5, 5.41) is 10.1. The van der Waals surface area contributed by atoms with E-state index in [1.807, 2.05) is 7.05 Å². The first-order valence-corrected chi connectivity index (χ1v) is 5.28. The molecule has 0 bridgehead atoms. The van der Waals surface area contributed by atoms with Gasteiger partial charge in [-0.25, -0.2) is 0 Å². The molecule has 1 fully saturated rings. The quantitative estimate of drug-likeness (QED) is 0.814. The van der Waals surface area contributed by atoms with E-state index in [1.54, 1.807) is 17.1 Å². The average Bonchev–Trinajstić information content (AvgIpc) is 2.65. The summed E-state index contributed by atoms with van der Waals surface area (Å²) in [6, 6.07) is -0.0426. The molecule has 5 nitrogen and oxygen atoms in total. The number of nitrogens with one attached hydrogen (secondary N) is 2. The smallest absolute Gasteiger partial charge is 0.241 e. The van der Waals surface area contributed by atoms with Gasteiger partial charge in [0, 0.05) is 13.2 Å². The number of aryl methyl sites for hydroxylation is 1. The summed E-state index contributed by atoms with van der Waals surface area (Å²) in [5.41, 5.74) is 0.759. The van der Waals surface area contributed by atoms with Gasteiger partial charge in [-0.15, -0.1) is 12.4 Å². The van der Waals surface area contributed by atoms with Gasteiger partial charge in [-0.1, -0.05) is 6.42 Å². The van der Waals surface area contributed by atoms with E-state index in [2.05, 4.69) is 15.7 Å². The Morgan fingerprint density at radius 1 is 1.62 bits per heavy atom. The number of halogens is 1. The fraction of sp³-hybridized carbons (Fsp3) is 0.600. The van der Waals surface area contributed by atoms with Crippen LogP contribution in [-0.4, -0.2) is 28.3 Å². The maximum absolute atomic E-state index is 11.8. The lowest BCUT2D eigenvalue weighted by atomic mass is 10.0. The van der Waals surface area contributed by atoms with Crippen molar-refractivity contribution in [3.8, 4) is 0 Å². The molecule has 0 unspecified atom stereocenters. The van der Waals surface area contributed by atoms with Crippen LogP contribution in [0.15, 0.2) is 12.4 Å². The molecule has 2 N–H and O–H groups in total. The summed E-state index contributed by atoms with van der Waals surface area (Å²) in [4.78, 5) is 11.8. The largest absolute Gasteiger partial charge is 0.322 e. The molecular weight excluding hydrogens is 228 g/mol. The van der Waals surface area contributed by atoms with Crippen LogP contribution in [0, 0.1) is 0 Å². The van der Waals surface area contributed by atoms with E-state index < -0.39 is 0 Å². The number of aromatic nitrogens is 2. The molecule has 1 aliphatic rings. The first-order chi connectivity index (χ1) is 7.25. The molecule has 0 aliphatic carbocycles. The standard InChI is InChI=1S/C10H16N4O.ClH/c1-14-7-8(6-12-14)13-10(15)9-4-2-3-5-11-9;/h6-7,9,11H,2-5H2,1H3,(H,13,15);1H/t9-;/m0./s1. The Bertz CT molecular complexity index is 346. The number of nitrogens with zero attached hydrogens (tertiary/aromatic N) is 2. The van der Waals surface area contributed by atoms with Crippen LogP contribution < -0.4 is 10.6 Å². The molecule has 1 aromatic heterocycles. The van der Waals surface area contributed by atoms with E-state index in [-0.39, 0.29) is 24.4 Å². The Hall–Kier alpha value is -1.07. The highest BCUT2D eigenvalue weighted by molar-refractivity contribution is 5.94. The highest BCUT2D eigenvalue weighted by atomic mass is 35.5. The second-order valence-electron chi connectivity index (χ2n) is 3.89. The average molecular weight is 245 g/mol. The van der Waals surface area contributed by atoms with Gasteiger partial charge in [0.1, 0.15) is 0 Å². The molecular formula is C10H17ClN4O. The number of carbonyl (C=O) groups excluding carboxylic acids is 1. The van der Waals surface area contributed by atoms with Crippen molar-refractivity contribution in [3.63, 3.8) is 0 Å². The van der Waals surface area contributed by atoms with Crippen molar-refractivity contribution >= 4 is 24.0 Å². The maximum Gasteiger partial charge on any atom is 0.241 e. The molecule has 0 radical (unpaired) electrons. The predicted molar refractivity (Wildman–Crippen MR) is 64.7 cm³/mol. The van der Waals surface area contributed by atoms with Gasteiger partial charge >= 0.3 is 0 Å². The highest BCUT2D eigenvalue weighted by Gasteiger charge is 2.20. The minimum Gasteiger partial charge on any atom is -0.322 e. The molecule has 90 valence electrons. The van der Waals surface area contributed by atoms with Crippen LogP contribution in [-0.2, 0) is 11.8 Å². The highest BCUT2D eigenvalue weighted by Crippen LogP contribution is 2.10. The van der Waals surface area contributed by atoms with E-state index >= 15 is 0 Å². The van der Waals surface area contributed by atoms with Crippen molar-refractivity contribution < 1.29 is 4.79 Å². The summed E-state index contributed by atoms with van der Waals surface area (Å²) in [7, 11) is 1.83. The minimum absolute atomic E-state index is 0. The normalized spacial score (nSPS) is 19.9. The third-order valence-electron chi connectivity index (χ3n) is 2.60. The number of anilines is 1. The van der Waals surface area contributed by atoms with Gasteiger partial charge in [0.25, 0.3) is 0 Å². The number of rotatable bonds is 2. The number of amides is 1. The molecule has 1 aliphatic heterocycles. The summed E-state index contributed by atoms with van der Waals surface area (Å²) in [5.74, 6) is 0.0442. The third kappa shape index (κ3) is 3.21. The fourth-order valence-corrected chi connectivity index (χ4v) is 1.79. The van der Waals surface area contributed by atoms with Crippen LogP contribution in [0.25, 0.3) is 0 Å². The second-order valence-corrected chi connectivity index (χ2v) is 3.89. The van der Waals surface area contributed by atoms with Gasteiger partial charge in [0.2, 0.25) is 5.91 Å². The molecule has 1 amide bonds. The monoisotopic (exact) mass is 244 g/mol. The second kappa shape index (κ2) is 5.86. The van der Waals surface area contributed by atoms with Gasteiger partial charge in [0.05, 0.1) is 17.9 Å². The fourth-order valence-electron chi connectivity index (χ4n) is 1.79. The number of piperidine rings is 1. The van der Waals surface area contributed by atoms with Crippen LogP contribution in [0.5, 0.6) is 0 Å². The van der Waals surface area contributed by atoms with Gasteiger partial charge < -0.3 is 10.6 Å². The lowest BCUT2D eigenvalue weighted by Crippen LogP contribution is -2.43. The lowest BCUT2D eigenvalue weighted by Gasteiger charge is -2.22. The van der Waals surface area contributed by atoms with Crippen LogP contribution in [0.4, 0.5) is 5.69 Å². The lowest BCUT2D eigenvalue weighted by molar-refractivity contribution is -0.118. The zero-order valence-electron chi connectivity index (χ0n) is 9.27. The number of hydrogen-bond acceptors (Lipinski definition) is 3. The van der Waals surface area contributed by atoms with Crippen LogP contribution >= 0.6 is 12.4 Å². The third-order valence-corrected chi connectivity index (χ3v) is 2.60. The van der Waals surface area contributed by atoms with Crippen molar-refractivity contribution in [2.45, 2.75) is 25.3 Å². The molecule has 2 heterocycles. The zero-order valence-corrected chi connectivity index (χ0v) is 10.1. The number of carbonyl (C=O) groups is 1. The Morgan fingerprint density at radius 2 is 2.44 bits per heavy atom. The number of hydrogen-bond donors (Lipinski definition) is 2. The van der Waals surface area contributed by atoms with E-state index in [1.165, 1.54) is 0 Å². The summed E-state index contributed by atoms with van der Waals surface area (Å²) in [6.07, 6.45) is 6.66. The summed E-state index contributed by atoms with van der Waals surface area (Å²) < 4.78 is 1.67. The van der Waals surface area contributed by atoms with Gasteiger partial charge in [-0.05, 0) is 19.4 Å². The van der Waals surface area contributed by atoms with Crippen LogP contribution in [0.2, 0.25) is 0 Å². The molecule has 1 saturated heterocycles. The maximum atomic E-state index is 11.8. The van der Waals surface area contributed by atoms with Crippen molar-refractivity contribution in [3.05, 3.63) is 12.4 Å². The summed E-state index contributed by atoms with van der Waals surface area (Å²) in [6.45, 7) is 0.936. The molecule has 2 rings (SSSR count). The van der Waals surface area contributed by atoms with E-state index in [0.29, 0.717) is 0 Å². The molecule has 16 heavy (non-hydrogen) atoms. The topological polar surface area (TPSA) is 59.0 Å². The molecule has 1 aromatic rings. The predicted octanol–water partition coefficient (Wildman–Crippen LogP) is 0.922. The van der Waals surface area contributed by atoms with Crippen molar-refractivity contribution in [2.75, 3.05) is 11.9 Å². The van der Waals surface area contributed by atoms with Crippen LogP contribution in [0.1, 0.15) is 19.3 Å². The first-order valence-electron chi connectivity index (χ1n) is 5.28. The SMILES string of the molecule is Cl.Cn1cc(NC(=O)[C@@H]2CCCCN2)cn1. The van der Waals surface area contributed by atoms with Gasteiger partial charge in [-0.2, -0.15) is 5.10 Å². The molecule has 0 spiro atoms. The Balaban J connectivity index is 0.00000128. The minimum atomic E-state index is -0.0426. The van der Waals surface area contributed by atoms with Crippen LogP contribution in [0.3, 0.4) is 0 Å². The molecule has 0 aromatic carbocycles. The first kappa shape index (κ1) is 13.0. The summed E-state index contributed by atoms with van der Waals surface area (Å²) >= 11 is 0. The van der Waals surface area contributed by atoms with Crippen molar-refractivity contribution in [2.24, 2.45) is 7.05 Å². The van der Waals surface area contributed by atoms with Crippen molar-refractivity contribution in [1.82, 2.24) is 15.1 Å². The van der Waals surface area contributed by atoms with E-state index in [0.717, 1.165) is 31.5 Å². The van der Waals surface area contributed by atoms with Gasteiger partial charge in [0.15, 0.2) is 0 Å². The van der Waals surface area contributed by atoms with Crippen molar-refractivity contribution in [1.29, 1.82) is 0 Å². The van der Waals surface area contributed by atoms with E-state index in [4.69, 9.17) is 0 Å². The van der Waals surface area contributed by atoms with E-state index in [9.17, 15) is 4.79 Å². The van der Waals surface area contributed by atoms with Gasteiger partial charge in [-0.3, -0.25) is 9.48 Å². The zero-order chi connectivity index (χ0) is 10.7. The Morgan fingerprint density at radius 3 is 3.00 bits per heavy atom. The molecule has 1 atom stereocenters. The Kier molecular flexibility index (Phi) is 4.76. The Labute approximate surface area is 101 Å². The molecule has 0 saturated carbocycles. The molecule has 6 heteroatoms.